The molecule has 0 spiro atoms. The number of likely N-dealkylation sites (tertiary alicyclic amines) is 1. The molecule has 0 aromatic heterocycles. The average Bonchev–Trinajstić information content (AvgIpc) is 2.41. The van der Waals surface area contributed by atoms with Crippen molar-refractivity contribution >= 4 is 0 Å². The molecule has 1 aliphatic rings. The van der Waals surface area contributed by atoms with E-state index in [1.807, 2.05) is 0 Å². The van der Waals surface area contributed by atoms with Crippen LogP contribution in [0, 0.1) is 11.3 Å². The normalized spacial score (nSPS) is 20.9. The lowest BCUT2D eigenvalue weighted by Gasteiger charge is -2.37. The molecule has 1 heterocycles. The molecule has 0 bridgehead atoms. The third-order valence-corrected chi connectivity index (χ3v) is 4.89. The molecule has 1 fully saturated rings. The van der Waals surface area contributed by atoms with E-state index in [2.05, 4.69) is 50.0 Å². The van der Waals surface area contributed by atoms with E-state index in [-0.39, 0.29) is 0 Å². The average molecular weight is 298 g/mol. The van der Waals surface area contributed by atoms with E-state index in [9.17, 15) is 0 Å². The molecule has 0 aromatic rings. The first-order valence-electron chi connectivity index (χ1n) is 9.07. The van der Waals surface area contributed by atoms with Gasteiger partial charge in [0.15, 0.2) is 0 Å². The molecule has 1 atom stereocenters. The maximum Gasteiger partial charge on any atom is 0.00445 e. The maximum absolute atomic E-state index is 3.64. The van der Waals surface area contributed by atoms with Crippen molar-refractivity contribution in [2.45, 2.75) is 52.9 Å². The van der Waals surface area contributed by atoms with E-state index in [0.717, 1.165) is 19.0 Å². The van der Waals surface area contributed by atoms with Crippen molar-refractivity contribution in [3.05, 3.63) is 0 Å². The zero-order valence-electron chi connectivity index (χ0n) is 15.2. The molecule has 0 saturated carbocycles. The van der Waals surface area contributed by atoms with Gasteiger partial charge >= 0.3 is 0 Å². The fourth-order valence-corrected chi connectivity index (χ4v) is 3.80. The lowest BCUT2D eigenvalue weighted by Crippen LogP contribution is -2.43. The lowest BCUT2D eigenvalue weighted by molar-refractivity contribution is 0.130. The van der Waals surface area contributed by atoms with Crippen LogP contribution in [0.2, 0.25) is 0 Å². The molecule has 1 saturated heterocycles. The first-order chi connectivity index (χ1) is 9.99. The zero-order chi connectivity index (χ0) is 15.7. The summed E-state index contributed by atoms with van der Waals surface area (Å²) in [4.78, 5) is 5.06. The minimum atomic E-state index is 0.421. The van der Waals surface area contributed by atoms with Crippen molar-refractivity contribution in [1.82, 2.24) is 15.1 Å². The molecule has 1 aliphatic heterocycles. The molecular formula is C18H39N3. The van der Waals surface area contributed by atoms with Crippen LogP contribution in [0.25, 0.3) is 0 Å². The molecule has 0 aliphatic carbocycles. The van der Waals surface area contributed by atoms with Crippen molar-refractivity contribution < 1.29 is 0 Å². The van der Waals surface area contributed by atoms with Crippen LogP contribution in [-0.2, 0) is 0 Å². The Morgan fingerprint density at radius 2 is 1.86 bits per heavy atom. The Kier molecular flexibility index (Phi) is 8.84. The Bertz CT molecular complexity index is 261. The van der Waals surface area contributed by atoms with Gasteiger partial charge in [-0.05, 0) is 70.7 Å². The van der Waals surface area contributed by atoms with Gasteiger partial charge in [0.25, 0.3) is 0 Å². The van der Waals surface area contributed by atoms with Gasteiger partial charge in [-0.25, -0.2) is 0 Å². The van der Waals surface area contributed by atoms with Gasteiger partial charge in [-0.3, -0.25) is 0 Å². The second kappa shape index (κ2) is 9.81. The van der Waals surface area contributed by atoms with Crippen LogP contribution in [0.4, 0.5) is 0 Å². The van der Waals surface area contributed by atoms with Crippen LogP contribution in [0.5, 0.6) is 0 Å². The second-order valence-corrected chi connectivity index (χ2v) is 7.68. The van der Waals surface area contributed by atoms with Crippen LogP contribution in [0.15, 0.2) is 0 Å². The van der Waals surface area contributed by atoms with Crippen LogP contribution in [-0.4, -0.2) is 63.2 Å². The molecule has 3 nitrogen and oxygen atoms in total. The van der Waals surface area contributed by atoms with Crippen molar-refractivity contribution in [2.75, 3.05) is 53.4 Å². The highest BCUT2D eigenvalue weighted by Gasteiger charge is 2.26. The lowest BCUT2D eigenvalue weighted by atomic mass is 9.84. The first-order valence-corrected chi connectivity index (χ1v) is 9.07. The number of hydrogen-bond acceptors (Lipinski definition) is 3. The van der Waals surface area contributed by atoms with Crippen molar-refractivity contribution in [2.24, 2.45) is 11.3 Å². The second-order valence-electron chi connectivity index (χ2n) is 7.68. The quantitative estimate of drug-likeness (QED) is 0.625. The smallest absolute Gasteiger partial charge is 0.00445 e. The largest absolute Gasteiger partial charge is 0.316 e. The number of nitrogens with one attached hydrogen (secondary N) is 1. The van der Waals surface area contributed by atoms with Gasteiger partial charge in [0.2, 0.25) is 0 Å². The van der Waals surface area contributed by atoms with E-state index in [4.69, 9.17) is 0 Å². The Hall–Kier alpha value is -0.120. The van der Waals surface area contributed by atoms with Crippen molar-refractivity contribution in [3.63, 3.8) is 0 Å². The Morgan fingerprint density at radius 3 is 2.43 bits per heavy atom. The van der Waals surface area contributed by atoms with Gasteiger partial charge < -0.3 is 15.1 Å². The van der Waals surface area contributed by atoms with Gasteiger partial charge in [0.1, 0.15) is 0 Å². The summed E-state index contributed by atoms with van der Waals surface area (Å²) in [6.07, 6.45) is 6.58. The molecular weight excluding hydrogens is 258 g/mol. The fraction of sp³-hybridized carbons (Fsp3) is 1.00. The molecule has 1 N–H and O–H groups in total. The Morgan fingerprint density at radius 1 is 1.19 bits per heavy atom. The third kappa shape index (κ3) is 7.62. The molecule has 1 rings (SSSR count). The van der Waals surface area contributed by atoms with Crippen LogP contribution in [0.3, 0.4) is 0 Å². The topological polar surface area (TPSA) is 18.5 Å². The molecule has 21 heavy (non-hydrogen) atoms. The summed E-state index contributed by atoms with van der Waals surface area (Å²) < 4.78 is 0. The third-order valence-electron chi connectivity index (χ3n) is 4.89. The van der Waals surface area contributed by atoms with Crippen LogP contribution >= 0.6 is 0 Å². The van der Waals surface area contributed by atoms with E-state index in [1.54, 1.807) is 0 Å². The Labute approximate surface area is 133 Å². The summed E-state index contributed by atoms with van der Waals surface area (Å²) in [5, 5.41) is 3.64. The standard InChI is InChI=1S/C18H39N3/c1-6-10-18(3,15-19-11-7-2)16-21(5)14-17-8-12-20(4)13-9-17/h17,19H,6-16H2,1-5H3. The summed E-state index contributed by atoms with van der Waals surface area (Å²) in [5.74, 6) is 0.903. The van der Waals surface area contributed by atoms with E-state index < -0.39 is 0 Å². The zero-order valence-corrected chi connectivity index (χ0v) is 15.2. The fourth-order valence-electron chi connectivity index (χ4n) is 3.80. The SMILES string of the molecule is CCCNCC(C)(CCC)CN(C)CC1CCN(C)CC1. The predicted octanol–water partition coefficient (Wildman–Crippen LogP) is 3.07. The molecule has 0 aromatic carbocycles. The summed E-state index contributed by atoms with van der Waals surface area (Å²) in [7, 11) is 4.57. The number of piperidine rings is 1. The van der Waals surface area contributed by atoms with Crippen molar-refractivity contribution in [3.8, 4) is 0 Å². The van der Waals surface area contributed by atoms with E-state index in [0.29, 0.717) is 5.41 Å². The minimum absolute atomic E-state index is 0.421. The highest BCUT2D eigenvalue weighted by Crippen LogP contribution is 2.25. The van der Waals surface area contributed by atoms with Gasteiger partial charge in [0, 0.05) is 19.6 Å². The minimum Gasteiger partial charge on any atom is -0.316 e. The van der Waals surface area contributed by atoms with Crippen molar-refractivity contribution in [1.29, 1.82) is 0 Å². The van der Waals surface area contributed by atoms with Crippen LogP contribution in [0.1, 0.15) is 52.9 Å². The highest BCUT2D eigenvalue weighted by molar-refractivity contribution is 4.81. The summed E-state index contributed by atoms with van der Waals surface area (Å²) in [5.41, 5.74) is 0.421. The molecule has 1 unspecified atom stereocenters. The van der Waals surface area contributed by atoms with Gasteiger partial charge in [0.05, 0.1) is 0 Å². The van der Waals surface area contributed by atoms with E-state index >= 15 is 0 Å². The summed E-state index contributed by atoms with van der Waals surface area (Å²) in [6.45, 7) is 14.4. The number of rotatable bonds is 10. The van der Waals surface area contributed by atoms with Gasteiger partial charge in [-0.1, -0.05) is 27.2 Å². The Balaban J connectivity index is 2.38. The molecule has 126 valence electrons. The van der Waals surface area contributed by atoms with Gasteiger partial charge in [-0.2, -0.15) is 0 Å². The summed E-state index contributed by atoms with van der Waals surface area (Å²) >= 11 is 0. The van der Waals surface area contributed by atoms with Gasteiger partial charge in [-0.15, -0.1) is 0 Å². The predicted molar refractivity (Wildman–Crippen MR) is 93.9 cm³/mol. The highest BCUT2D eigenvalue weighted by atomic mass is 15.1. The molecule has 3 heteroatoms. The molecule has 0 radical (unpaired) electrons. The first kappa shape index (κ1) is 18.9. The number of nitrogens with zero attached hydrogens (tertiary/aromatic N) is 2. The van der Waals surface area contributed by atoms with Crippen LogP contribution < -0.4 is 5.32 Å². The molecule has 0 amide bonds. The summed E-state index contributed by atoms with van der Waals surface area (Å²) in [6, 6.07) is 0. The maximum atomic E-state index is 3.64. The number of hydrogen-bond donors (Lipinski definition) is 1. The van der Waals surface area contributed by atoms with E-state index in [1.165, 1.54) is 58.3 Å². The monoisotopic (exact) mass is 297 g/mol.